The Labute approximate surface area is 309 Å². The van der Waals surface area contributed by atoms with E-state index in [1.54, 1.807) is 0 Å². The minimum Gasteiger partial charge on any atom is -0.0622 e. The molecular formula is C53H36. The van der Waals surface area contributed by atoms with Gasteiger partial charge in [0.2, 0.25) is 0 Å². The lowest BCUT2D eigenvalue weighted by Gasteiger charge is -2.23. The van der Waals surface area contributed by atoms with Crippen LogP contribution < -0.4 is 0 Å². The van der Waals surface area contributed by atoms with Gasteiger partial charge in [-0.05, 0) is 140 Å². The summed E-state index contributed by atoms with van der Waals surface area (Å²) < 4.78 is 0. The number of rotatable bonds is 3. The molecule has 11 rings (SSSR count). The molecule has 0 heteroatoms. The van der Waals surface area contributed by atoms with E-state index in [2.05, 4.69) is 196 Å². The molecule has 0 saturated carbocycles. The summed E-state index contributed by atoms with van der Waals surface area (Å²) in [6, 6.07) is 67.9. The predicted molar refractivity (Wildman–Crippen MR) is 228 cm³/mol. The fourth-order valence-corrected chi connectivity index (χ4v) is 9.26. The van der Waals surface area contributed by atoms with E-state index in [9.17, 15) is 0 Å². The van der Waals surface area contributed by atoms with Crippen molar-refractivity contribution >= 4 is 53.9 Å². The van der Waals surface area contributed by atoms with Crippen LogP contribution in [0.3, 0.4) is 0 Å². The van der Waals surface area contributed by atoms with Gasteiger partial charge in [0.15, 0.2) is 0 Å². The van der Waals surface area contributed by atoms with E-state index in [0.717, 1.165) is 0 Å². The molecule has 0 fully saturated rings. The summed E-state index contributed by atoms with van der Waals surface area (Å²) in [5.41, 5.74) is 12.9. The van der Waals surface area contributed by atoms with Crippen molar-refractivity contribution in [3.63, 3.8) is 0 Å². The Morgan fingerprint density at radius 1 is 0.283 bits per heavy atom. The second-order valence-electron chi connectivity index (χ2n) is 15.3. The summed E-state index contributed by atoms with van der Waals surface area (Å²) >= 11 is 0. The molecule has 0 radical (unpaired) electrons. The Balaban J connectivity index is 0.978. The summed E-state index contributed by atoms with van der Waals surface area (Å²) in [4.78, 5) is 0. The fourth-order valence-electron chi connectivity index (χ4n) is 9.26. The van der Waals surface area contributed by atoms with Gasteiger partial charge in [-0.25, -0.2) is 0 Å². The Morgan fingerprint density at radius 2 is 0.774 bits per heavy atom. The molecule has 0 aromatic heterocycles. The topological polar surface area (TPSA) is 0 Å². The molecule has 0 aliphatic heterocycles. The van der Waals surface area contributed by atoms with Gasteiger partial charge in [0.05, 0.1) is 0 Å². The van der Waals surface area contributed by atoms with Gasteiger partial charge >= 0.3 is 0 Å². The maximum absolute atomic E-state index is 2.44. The van der Waals surface area contributed by atoms with Gasteiger partial charge in [0.1, 0.15) is 0 Å². The molecule has 0 nitrogen and oxygen atoms in total. The van der Waals surface area contributed by atoms with Crippen LogP contribution >= 0.6 is 0 Å². The zero-order valence-corrected chi connectivity index (χ0v) is 29.8. The molecule has 53 heavy (non-hydrogen) atoms. The first-order valence-corrected chi connectivity index (χ1v) is 18.7. The van der Waals surface area contributed by atoms with E-state index < -0.39 is 0 Å². The highest BCUT2D eigenvalue weighted by Gasteiger charge is 2.36. The van der Waals surface area contributed by atoms with Crippen LogP contribution in [0.5, 0.6) is 0 Å². The van der Waals surface area contributed by atoms with Crippen LogP contribution in [-0.2, 0) is 5.41 Å². The molecule has 0 heterocycles. The van der Waals surface area contributed by atoms with E-state index in [1.807, 2.05) is 0 Å². The SMILES string of the molecule is CC1(C)c2cc(-c3ccc4c(ccc5ccccc54)c3)ccc2-c2ccc(-c3ccc4c(ccc5cc(-c6ccccc6)c6ccccc6c54)c3)cc21. The summed E-state index contributed by atoms with van der Waals surface area (Å²) in [5.74, 6) is 0. The van der Waals surface area contributed by atoms with Crippen molar-refractivity contribution in [2.24, 2.45) is 0 Å². The maximum Gasteiger partial charge on any atom is 0.0159 e. The lowest BCUT2D eigenvalue weighted by molar-refractivity contribution is 0.661. The first-order valence-electron chi connectivity index (χ1n) is 18.7. The van der Waals surface area contributed by atoms with Gasteiger partial charge in [-0.3, -0.25) is 0 Å². The van der Waals surface area contributed by atoms with E-state index >= 15 is 0 Å². The Morgan fingerprint density at radius 3 is 1.47 bits per heavy atom. The minimum absolute atomic E-state index is 0.119. The van der Waals surface area contributed by atoms with Crippen LogP contribution in [0.2, 0.25) is 0 Å². The highest BCUT2D eigenvalue weighted by molar-refractivity contribution is 6.23. The second-order valence-corrected chi connectivity index (χ2v) is 15.3. The van der Waals surface area contributed by atoms with Crippen LogP contribution in [0.1, 0.15) is 25.0 Å². The molecule has 0 spiro atoms. The zero-order valence-electron chi connectivity index (χ0n) is 29.8. The highest BCUT2D eigenvalue weighted by Crippen LogP contribution is 2.51. The summed E-state index contributed by atoms with van der Waals surface area (Å²) in [6.45, 7) is 4.78. The zero-order chi connectivity index (χ0) is 35.3. The summed E-state index contributed by atoms with van der Waals surface area (Å²) in [5, 5.41) is 12.9. The van der Waals surface area contributed by atoms with E-state index in [0.29, 0.717) is 0 Å². The van der Waals surface area contributed by atoms with E-state index in [-0.39, 0.29) is 5.41 Å². The molecule has 1 aliphatic carbocycles. The van der Waals surface area contributed by atoms with Crippen molar-refractivity contribution in [2.45, 2.75) is 19.3 Å². The van der Waals surface area contributed by atoms with Gasteiger partial charge in [0, 0.05) is 5.41 Å². The molecule has 0 N–H and O–H groups in total. The standard InChI is InChI=1S/C53H36/c1-53(2)50-31-37(35-20-24-43-39(28-35)17-16-34-12-6-7-13-42(34)43)22-26-46(50)47-27-23-38(32-51(47)53)36-21-25-44-40(29-36)18-19-41-30-49(33-10-4-3-5-11-33)45-14-8-9-15-48(45)52(41)44/h3-32H,1-2H3. The van der Waals surface area contributed by atoms with E-state index in [1.165, 1.54) is 109 Å². The Kier molecular flexibility index (Phi) is 6.40. The third kappa shape index (κ3) is 4.55. The van der Waals surface area contributed by atoms with E-state index in [4.69, 9.17) is 0 Å². The Bertz CT molecular complexity index is 3120. The van der Waals surface area contributed by atoms with Crippen molar-refractivity contribution < 1.29 is 0 Å². The van der Waals surface area contributed by atoms with Crippen molar-refractivity contribution in [3.8, 4) is 44.5 Å². The van der Waals surface area contributed by atoms with Crippen LogP contribution in [0.4, 0.5) is 0 Å². The molecule has 0 unspecified atom stereocenters. The third-order valence-corrected chi connectivity index (χ3v) is 12.0. The molecule has 0 bridgehead atoms. The molecule has 0 amide bonds. The van der Waals surface area contributed by atoms with Crippen LogP contribution in [0.25, 0.3) is 98.4 Å². The van der Waals surface area contributed by atoms with Gasteiger partial charge in [0.25, 0.3) is 0 Å². The predicted octanol–water partition coefficient (Wildman–Crippen LogP) is 14.8. The first kappa shape index (κ1) is 30.2. The molecule has 10 aromatic rings. The van der Waals surface area contributed by atoms with Gasteiger partial charge < -0.3 is 0 Å². The number of hydrogen-bond donors (Lipinski definition) is 0. The highest BCUT2D eigenvalue weighted by atomic mass is 14.4. The fraction of sp³-hybridized carbons (Fsp3) is 0.0566. The first-order chi connectivity index (χ1) is 26.0. The van der Waals surface area contributed by atoms with Crippen molar-refractivity contribution in [1.82, 2.24) is 0 Å². The average Bonchev–Trinajstić information content (AvgIpc) is 3.44. The molecule has 1 aliphatic rings. The maximum atomic E-state index is 2.44. The molecular weight excluding hydrogens is 637 g/mol. The normalized spacial score (nSPS) is 13.2. The second kappa shape index (κ2) is 11.2. The number of fused-ring (bicyclic) bond motifs is 11. The monoisotopic (exact) mass is 672 g/mol. The largest absolute Gasteiger partial charge is 0.0622 e. The average molecular weight is 673 g/mol. The summed E-state index contributed by atoms with van der Waals surface area (Å²) in [6.07, 6.45) is 0. The Hall–Kier alpha value is -6.50. The quantitative estimate of drug-likeness (QED) is 0.164. The minimum atomic E-state index is -0.119. The molecule has 10 aromatic carbocycles. The van der Waals surface area contributed by atoms with Gasteiger partial charge in [-0.15, -0.1) is 0 Å². The smallest absolute Gasteiger partial charge is 0.0159 e. The number of hydrogen-bond acceptors (Lipinski definition) is 0. The van der Waals surface area contributed by atoms with Crippen LogP contribution in [0, 0.1) is 0 Å². The van der Waals surface area contributed by atoms with Crippen LogP contribution in [0.15, 0.2) is 182 Å². The lowest BCUT2D eigenvalue weighted by atomic mass is 9.80. The van der Waals surface area contributed by atoms with Crippen LogP contribution in [-0.4, -0.2) is 0 Å². The van der Waals surface area contributed by atoms with Gasteiger partial charge in [-0.1, -0.05) is 166 Å². The van der Waals surface area contributed by atoms with Crippen molar-refractivity contribution in [3.05, 3.63) is 193 Å². The van der Waals surface area contributed by atoms with Crippen molar-refractivity contribution in [2.75, 3.05) is 0 Å². The third-order valence-electron chi connectivity index (χ3n) is 12.0. The number of benzene rings is 10. The molecule has 0 atom stereocenters. The van der Waals surface area contributed by atoms with Crippen molar-refractivity contribution in [1.29, 1.82) is 0 Å². The molecule has 248 valence electrons. The summed E-state index contributed by atoms with van der Waals surface area (Å²) in [7, 11) is 0. The molecule has 0 saturated heterocycles. The lowest BCUT2D eigenvalue weighted by Crippen LogP contribution is -2.15. The van der Waals surface area contributed by atoms with Gasteiger partial charge in [-0.2, -0.15) is 0 Å².